The molecule has 3 amide bonds. The molecule has 1 aromatic rings. The predicted octanol–water partition coefficient (Wildman–Crippen LogP) is 0.291. The van der Waals surface area contributed by atoms with Crippen LogP contribution >= 0.6 is 0 Å². The summed E-state index contributed by atoms with van der Waals surface area (Å²) in [5.41, 5.74) is 1.13. The number of methoxy groups -OCH3 is 1. The van der Waals surface area contributed by atoms with Gasteiger partial charge in [-0.15, -0.1) is 0 Å². The van der Waals surface area contributed by atoms with Crippen LogP contribution in [0.1, 0.15) is 12.0 Å². The molecule has 3 rings (SSSR count). The van der Waals surface area contributed by atoms with E-state index in [1.165, 1.54) is 0 Å². The molecular weight excluding hydrogens is 334 g/mol. The Morgan fingerprint density at radius 1 is 1.15 bits per heavy atom. The number of hydrogen-bond donors (Lipinski definition) is 1. The number of piperazine rings is 1. The Morgan fingerprint density at radius 3 is 2.46 bits per heavy atom. The highest BCUT2D eigenvalue weighted by molar-refractivity contribution is 5.92. The van der Waals surface area contributed by atoms with Crippen molar-refractivity contribution in [2.45, 2.75) is 12.8 Å². The minimum Gasteiger partial charge on any atom is -0.497 e. The number of hydrogen-bond acceptors (Lipinski definition) is 4. The van der Waals surface area contributed by atoms with Gasteiger partial charge in [-0.3, -0.25) is 14.4 Å². The van der Waals surface area contributed by atoms with E-state index in [9.17, 15) is 14.4 Å². The van der Waals surface area contributed by atoms with E-state index in [-0.39, 0.29) is 23.7 Å². The number of benzene rings is 1. The Kier molecular flexibility index (Phi) is 5.75. The average Bonchev–Trinajstić information content (AvgIpc) is 3.49. The van der Waals surface area contributed by atoms with E-state index in [4.69, 9.17) is 4.74 Å². The zero-order chi connectivity index (χ0) is 18.5. The third kappa shape index (κ3) is 4.33. The van der Waals surface area contributed by atoms with Crippen molar-refractivity contribution in [1.29, 1.82) is 0 Å². The second-order valence-corrected chi connectivity index (χ2v) is 6.80. The third-order valence-corrected chi connectivity index (χ3v) is 5.09. The first-order valence-electron chi connectivity index (χ1n) is 9.01. The molecule has 7 nitrogen and oxygen atoms in total. The molecule has 1 saturated heterocycles. The first-order valence-corrected chi connectivity index (χ1v) is 9.01. The van der Waals surface area contributed by atoms with Gasteiger partial charge < -0.3 is 19.9 Å². The van der Waals surface area contributed by atoms with Crippen molar-refractivity contribution < 1.29 is 19.1 Å². The fourth-order valence-electron chi connectivity index (χ4n) is 3.29. The molecule has 0 radical (unpaired) electrons. The molecule has 26 heavy (non-hydrogen) atoms. The highest BCUT2D eigenvalue weighted by Gasteiger charge is 2.49. The van der Waals surface area contributed by atoms with Crippen LogP contribution in [0.15, 0.2) is 24.3 Å². The number of nitrogens with zero attached hydrogens (tertiary/aromatic N) is 2. The maximum absolute atomic E-state index is 12.5. The lowest BCUT2D eigenvalue weighted by atomic mass is 10.1. The molecule has 1 aliphatic heterocycles. The third-order valence-electron chi connectivity index (χ3n) is 5.09. The molecule has 140 valence electrons. The van der Waals surface area contributed by atoms with E-state index >= 15 is 0 Å². The fourth-order valence-corrected chi connectivity index (χ4v) is 3.29. The molecule has 0 bridgehead atoms. The van der Waals surface area contributed by atoms with E-state index < -0.39 is 0 Å². The molecule has 1 aliphatic carbocycles. The van der Waals surface area contributed by atoms with Crippen LogP contribution in [0.5, 0.6) is 5.75 Å². The average molecular weight is 359 g/mol. The van der Waals surface area contributed by atoms with Gasteiger partial charge >= 0.3 is 0 Å². The van der Waals surface area contributed by atoms with Crippen molar-refractivity contribution in [3.8, 4) is 5.75 Å². The van der Waals surface area contributed by atoms with Crippen LogP contribution in [0.4, 0.5) is 0 Å². The summed E-state index contributed by atoms with van der Waals surface area (Å²) < 4.78 is 5.12. The van der Waals surface area contributed by atoms with Gasteiger partial charge in [-0.05, 0) is 30.5 Å². The maximum atomic E-state index is 12.5. The van der Waals surface area contributed by atoms with Crippen LogP contribution in [0.25, 0.3) is 0 Å². The zero-order valence-electron chi connectivity index (χ0n) is 15.0. The second-order valence-electron chi connectivity index (χ2n) is 6.80. The molecular formula is C19H25N3O4. The van der Waals surface area contributed by atoms with Crippen molar-refractivity contribution in [3.05, 3.63) is 29.8 Å². The quantitative estimate of drug-likeness (QED) is 0.710. The lowest BCUT2D eigenvalue weighted by molar-refractivity contribution is -0.137. The lowest BCUT2D eigenvalue weighted by Gasteiger charge is -2.32. The second kappa shape index (κ2) is 8.21. The summed E-state index contributed by atoms with van der Waals surface area (Å²) in [7, 11) is 1.63. The summed E-state index contributed by atoms with van der Waals surface area (Å²) in [6.07, 6.45) is 2.19. The van der Waals surface area contributed by atoms with Crippen molar-refractivity contribution in [1.82, 2.24) is 15.1 Å². The summed E-state index contributed by atoms with van der Waals surface area (Å²) >= 11 is 0. The summed E-state index contributed by atoms with van der Waals surface area (Å²) in [5, 5.41) is 2.93. The van der Waals surface area contributed by atoms with Gasteiger partial charge in [0.05, 0.1) is 18.9 Å². The van der Waals surface area contributed by atoms with Crippen LogP contribution in [-0.2, 0) is 20.8 Å². The van der Waals surface area contributed by atoms with Crippen LogP contribution in [0, 0.1) is 11.8 Å². The van der Waals surface area contributed by atoms with Crippen molar-refractivity contribution in [2.24, 2.45) is 11.8 Å². The summed E-state index contributed by atoms with van der Waals surface area (Å²) in [6, 6.07) is 7.76. The Morgan fingerprint density at radius 2 is 1.85 bits per heavy atom. The van der Waals surface area contributed by atoms with E-state index in [0.29, 0.717) is 39.1 Å². The molecule has 1 N–H and O–H groups in total. The fraction of sp³-hybridized carbons (Fsp3) is 0.526. The molecule has 2 unspecified atom stereocenters. The number of carbonyl (C=O) groups is 3. The van der Waals surface area contributed by atoms with Gasteiger partial charge in [0, 0.05) is 32.7 Å². The van der Waals surface area contributed by atoms with Gasteiger partial charge in [-0.25, -0.2) is 0 Å². The zero-order valence-corrected chi connectivity index (χ0v) is 15.0. The first kappa shape index (κ1) is 18.2. The van der Waals surface area contributed by atoms with Crippen molar-refractivity contribution >= 4 is 18.2 Å². The number of amides is 3. The standard InChI is InChI=1S/C19H25N3O4/c1-26-15-4-2-14(3-5-15)6-7-20-18(24)16-12-17(16)19(25)22-10-8-21(13-23)9-11-22/h2-5,13,16-17H,6-12H2,1H3,(H,20,24). The molecule has 1 saturated carbocycles. The molecule has 0 aromatic heterocycles. The lowest BCUT2D eigenvalue weighted by Crippen LogP contribution is -2.48. The van der Waals surface area contributed by atoms with E-state index in [1.807, 2.05) is 24.3 Å². The largest absolute Gasteiger partial charge is 0.497 e. The van der Waals surface area contributed by atoms with Gasteiger partial charge in [0.1, 0.15) is 5.75 Å². The monoisotopic (exact) mass is 359 g/mol. The molecule has 2 atom stereocenters. The van der Waals surface area contributed by atoms with Gasteiger partial charge in [-0.1, -0.05) is 12.1 Å². The Labute approximate surface area is 153 Å². The van der Waals surface area contributed by atoms with Crippen molar-refractivity contribution in [2.75, 3.05) is 39.8 Å². The van der Waals surface area contributed by atoms with Gasteiger partial charge in [0.25, 0.3) is 0 Å². The Hall–Kier alpha value is -2.57. The normalized spacial score (nSPS) is 21.9. The molecule has 7 heteroatoms. The highest BCUT2D eigenvalue weighted by Crippen LogP contribution is 2.40. The van der Waals surface area contributed by atoms with Crippen LogP contribution in [0.2, 0.25) is 0 Å². The molecule has 1 aromatic carbocycles. The Balaban J connectivity index is 1.38. The number of carbonyl (C=O) groups excluding carboxylic acids is 3. The van der Waals surface area contributed by atoms with Crippen LogP contribution in [-0.4, -0.2) is 67.9 Å². The molecule has 2 aliphatic rings. The van der Waals surface area contributed by atoms with Crippen molar-refractivity contribution in [3.63, 3.8) is 0 Å². The van der Waals surface area contributed by atoms with E-state index in [2.05, 4.69) is 5.32 Å². The van der Waals surface area contributed by atoms with Gasteiger partial charge in [0.15, 0.2) is 0 Å². The van der Waals surface area contributed by atoms with Crippen LogP contribution < -0.4 is 10.1 Å². The van der Waals surface area contributed by atoms with Gasteiger partial charge in [0.2, 0.25) is 18.2 Å². The number of rotatable bonds is 7. The summed E-state index contributed by atoms with van der Waals surface area (Å²) in [5.74, 6) is 0.418. The van der Waals surface area contributed by atoms with E-state index in [1.54, 1.807) is 16.9 Å². The minimum absolute atomic E-state index is 0.0385. The minimum atomic E-state index is -0.206. The topological polar surface area (TPSA) is 79.0 Å². The summed E-state index contributed by atoms with van der Waals surface area (Å²) in [6.45, 7) is 2.81. The molecule has 1 heterocycles. The van der Waals surface area contributed by atoms with Gasteiger partial charge in [-0.2, -0.15) is 0 Å². The SMILES string of the molecule is COc1ccc(CCNC(=O)C2CC2C(=O)N2CCN(C=O)CC2)cc1. The highest BCUT2D eigenvalue weighted by atomic mass is 16.5. The summed E-state index contributed by atoms with van der Waals surface area (Å²) in [4.78, 5) is 38.9. The molecule has 2 fully saturated rings. The number of ether oxygens (including phenoxy) is 1. The van der Waals surface area contributed by atoms with Crippen LogP contribution in [0.3, 0.4) is 0 Å². The predicted molar refractivity (Wildman–Crippen MR) is 95.5 cm³/mol. The maximum Gasteiger partial charge on any atom is 0.226 e. The van der Waals surface area contributed by atoms with E-state index in [0.717, 1.165) is 24.1 Å². The Bertz CT molecular complexity index is 653. The number of nitrogens with one attached hydrogen (secondary N) is 1. The molecule has 0 spiro atoms. The first-order chi connectivity index (χ1) is 12.6. The smallest absolute Gasteiger partial charge is 0.226 e.